The molecule has 1 aromatic heterocycles. The number of anilines is 2. The fourth-order valence-electron chi connectivity index (χ4n) is 2.19. The molecule has 0 atom stereocenters. The van der Waals surface area contributed by atoms with Crippen LogP contribution in [0.5, 0.6) is 0 Å². The number of non-ortho nitro benzene ring substituents is 1. The smallest absolute Gasteiger partial charge is 0.269 e. The van der Waals surface area contributed by atoms with Crippen molar-refractivity contribution in [2.45, 2.75) is 4.34 Å². The van der Waals surface area contributed by atoms with Crippen molar-refractivity contribution < 1.29 is 14.5 Å². The molecule has 11 heteroatoms. The Labute approximate surface area is 179 Å². The van der Waals surface area contributed by atoms with E-state index in [1.165, 1.54) is 42.1 Å². The number of rotatable bonds is 8. The summed E-state index contributed by atoms with van der Waals surface area (Å²) in [4.78, 5) is 34.1. The lowest BCUT2D eigenvalue weighted by Crippen LogP contribution is -2.13. The van der Waals surface area contributed by atoms with Crippen molar-refractivity contribution in [2.75, 3.05) is 16.4 Å². The number of benzene rings is 2. The Bertz CT molecular complexity index is 1070. The van der Waals surface area contributed by atoms with Gasteiger partial charge in [0, 0.05) is 23.9 Å². The van der Waals surface area contributed by atoms with Gasteiger partial charge in [-0.05, 0) is 23.8 Å². The van der Waals surface area contributed by atoms with Crippen molar-refractivity contribution in [1.29, 1.82) is 0 Å². The Morgan fingerprint density at radius 3 is 2.50 bits per heavy atom. The molecule has 30 heavy (non-hydrogen) atoms. The van der Waals surface area contributed by atoms with Crippen molar-refractivity contribution in [3.05, 3.63) is 76.4 Å². The first-order chi connectivity index (χ1) is 14.5. The molecule has 0 radical (unpaired) electrons. The first-order valence-electron chi connectivity index (χ1n) is 8.54. The highest BCUT2D eigenvalue weighted by Crippen LogP contribution is 2.25. The number of hydrogen-bond donors (Lipinski definition) is 2. The summed E-state index contributed by atoms with van der Waals surface area (Å²) in [5, 5.41) is 24.1. The number of nitrogens with zero attached hydrogens (tertiary/aromatic N) is 3. The lowest BCUT2D eigenvalue weighted by atomic mass is 10.2. The van der Waals surface area contributed by atoms with Crippen LogP contribution in [-0.2, 0) is 9.59 Å². The van der Waals surface area contributed by atoms with Crippen LogP contribution in [0, 0.1) is 10.1 Å². The summed E-state index contributed by atoms with van der Waals surface area (Å²) in [6.45, 7) is 0. The summed E-state index contributed by atoms with van der Waals surface area (Å²) < 4.78 is 0.524. The Kier molecular flexibility index (Phi) is 7.24. The highest BCUT2D eigenvalue weighted by atomic mass is 32.2. The van der Waals surface area contributed by atoms with Gasteiger partial charge in [-0.25, -0.2) is 0 Å². The van der Waals surface area contributed by atoms with E-state index >= 15 is 0 Å². The molecule has 0 aliphatic rings. The molecule has 0 aliphatic carbocycles. The minimum atomic E-state index is -0.509. The molecule has 0 bridgehead atoms. The van der Waals surface area contributed by atoms with Gasteiger partial charge in [0.1, 0.15) is 0 Å². The molecule has 3 aromatic rings. The van der Waals surface area contributed by atoms with Gasteiger partial charge in [0.15, 0.2) is 4.34 Å². The van der Waals surface area contributed by atoms with E-state index in [4.69, 9.17) is 0 Å². The Morgan fingerprint density at radius 1 is 1.07 bits per heavy atom. The molecule has 9 nitrogen and oxygen atoms in total. The van der Waals surface area contributed by atoms with Gasteiger partial charge >= 0.3 is 0 Å². The second-order valence-electron chi connectivity index (χ2n) is 5.75. The molecule has 1 heterocycles. The summed E-state index contributed by atoms with van der Waals surface area (Å²) in [5.41, 5.74) is 1.31. The fraction of sp³-hybridized carbons (Fsp3) is 0.0526. The van der Waals surface area contributed by atoms with E-state index in [0.29, 0.717) is 15.2 Å². The van der Waals surface area contributed by atoms with Gasteiger partial charge in [0.2, 0.25) is 16.9 Å². The largest absolute Gasteiger partial charge is 0.325 e. The van der Waals surface area contributed by atoms with E-state index in [2.05, 4.69) is 20.8 Å². The van der Waals surface area contributed by atoms with E-state index in [1.807, 2.05) is 30.3 Å². The zero-order valence-electron chi connectivity index (χ0n) is 15.3. The maximum atomic E-state index is 12.0. The van der Waals surface area contributed by atoms with E-state index in [1.54, 1.807) is 6.08 Å². The molecule has 0 fully saturated rings. The first kappa shape index (κ1) is 21.1. The standard InChI is InChI=1S/C19H15N5O4S2/c25-16(11-6-13-4-2-1-3-5-13)21-18-22-23-19(30-18)29-12-17(26)20-14-7-9-15(10-8-14)24(27)28/h1-11H,12H2,(H,20,26)(H,21,22,25)/b11-6+. The molecule has 152 valence electrons. The van der Waals surface area contributed by atoms with E-state index < -0.39 is 4.92 Å². The molecule has 0 aliphatic heterocycles. The topological polar surface area (TPSA) is 127 Å². The minimum Gasteiger partial charge on any atom is -0.325 e. The molecule has 0 spiro atoms. The van der Waals surface area contributed by atoms with Crippen LogP contribution >= 0.6 is 23.1 Å². The average molecular weight is 441 g/mol. The number of nitrogens with one attached hydrogen (secondary N) is 2. The molecule has 0 unspecified atom stereocenters. The number of nitro groups is 1. The van der Waals surface area contributed by atoms with E-state index in [-0.39, 0.29) is 23.3 Å². The third-order valence-electron chi connectivity index (χ3n) is 3.55. The average Bonchev–Trinajstić information content (AvgIpc) is 3.19. The van der Waals surface area contributed by atoms with Gasteiger partial charge in [-0.15, -0.1) is 10.2 Å². The maximum Gasteiger partial charge on any atom is 0.269 e. The Balaban J connectivity index is 1.45. The Morgan fingerprint density at radius 2 is 1.80 bits per heavy atom. The minimum absolute atomic E-state index is 0.0515. The summed E-state index contributed by atoms with van der Waals surface area (Å²) in [7, 11) is 0. The van der Waals surface area contributed by atoms with Crippen LogP contribution in [0.1, 0.15) is 5.56 Å². The molecule has 3 rings (SSSR count). The summed E-state index contributed by atoms with van der Waals surface area (Å²) >= 11 is 2.33. The second-order valence-corrected chi connectivity index (χ2v) is 7.95. The molecular formula is C19H15N5O4S2. The quantitative estimate of drug-likeness (QED) is 0.179. The predicted octanol–water partition coefficient (Wildman–Crippen LogP) is 3.83. The number of carbonyl (C=O) groups excluding carboxylic acids is 2. The number of aromatic nitrogens is 2. The summed E-state index contributed by atoms with van der Waals surface area (Å²) in [5.74, 6) is -0.545. The van der Waals surface area contributed by atoms with Crippen LogP contribution in [0.15, 0.2) is 65.0 Å². The van der Waals surface area contributed by atoms with Gasteiger partial charge < -0.3 is 5.32 Å². The van der Waals surface area contributed by atoms with Crippen molar-refractivity contribution in [2.24, 2.45) is 0 Å². The second kappa shape index (κ2) is 10.3. The first-order valence-corrected chi connectivity index (χ1v) is 10.3. The molecule has 2 amide bonds. The number of hydrogen-bond acceptors (Lipinski definition) is 8. The van der Waals surface area contributed by atoms with Crippen LogP contribution in [-0.4, -0.2) is 32.7 Å². The fourth-order valence-corrected chi connectivity index (χ4v) is 3.75. The molecule has 0 saturated heterocycles. The van der Waals surface area contributed by atoms with Gasteiger partial charge in [-0.1, -0.05) is 53.4 Å². The van der Waals surface area contributed by atoms with E-state index in [9.17, 15) is 19.7 Å². The van der Waals surface area contributed by atoms with Crippen molar-refractivity contribution in [3.8, 4) is 0 Å². The van der Waals surface area contributed by atoms with Gasteiger partial charge in [0.25, 0.3) is 5.69 Å². The van der Waals surface area contributed by atoms with Crippen LogP contribution in [0.3, 0.4) is 0 Å². The number of carbonyl (C=O) groups is 2. The number of nitro benzene ring substituents is 1. The predicted molar refractivity (Wildman–Crippen MR) is 116 cm³/mol. The third kappa shape index (κ3) is 6.50. The monoisotopic (exact) mass is 441 g/mol. The lowest BCUT2D eigenvalue weighted by Gasteiger charge is -2.03. The molecular weight excluding hydrogens is 426 g/mol. The van der Waals surface area contributed by atoms with E-state index in [0.717, 1.165) is 16.9 Å². The molecule has 0 saturated carbocycles. The highest BCUT2D eigenvalue weighted by Gasteiger charge is 2.11. The van der Waals surface area contributed by atoms with Crippen LogP contribution in [0.2, 0.25) is 0 Å². The van der Waals surface area contributed by atoms with Crippen LogP contribution in [0.25, 0.3) is 6.08 Å². The number of amides is 2. The molecule has 2 N–H and O–H groups in total. The van der Waals surface area contributed by atoms with Crippen molar-refractivity contribution in [3.63, 3.8) is 0 Å². The summed E-state index contributed by atoms with van der Waals surface area (Å²) in [6, 6.07) is 15.0. The summed E-state index contributed by atoms with van der Waals surface area (Å²) in [6.07, 6.45) is 3.09. The maximum absolute atomic E-state index is 12.0. The highest BCUT2D eigenvalue weighted by molar-refractivity contribution is 8.01. The number of thioether (sulfide) groups is 1. The third-order valence-corrected chi connectivity index (χ3v) is 5.52. The van der Waals surface area contributed by atoms with Crippen molar-refractivity contribution >= 4 is 57.5 Å². The van der Waals surface area contributed by atoms with Crippen molar-refractivity contribution in [1.82, 2.24) is 10.2 Å². The lowest BCUT2D eigenvalue weighted by molar-refractivity contribution is -0.384. The SMILES string of the molecule is O=C(/C=C/c1ccccc1)Nc1nnc(SCC(=O)Nc2ccc([N+](=O)[O-])cc2)s1. The Hall–Kier alpha value is -3.57. The van der Waals surface area contributed by atoms with Crippen LogP contribution in [0.4, 0.5) is 16.5 Å². The van der Waals surface area contributed by atoms with Gasteiger partial charge in [-0.3, -0.25) is 25.0 Å². The van der Waals surface area contributed by atoms with Gasteiger partial charge in [0.05, 0.1) is 10.7 Å². The zero-order valence-corrected chi connectivity index (χ0v) is 17.0. The van der Waals surface area contributed by atoms with Crippen LogP contribution < -0.4 is 10.6 Å². The molecule has 2 aromatic carbocycles. The van der Waals surface area contributed by atoms with Gasteiger partial charge in [-0.2, -0.15) is 0 Å². The normalized spacial score (nSPS) is 10.7. The zero-order chi connectivity index (χ0) is 21.3.